The maximum atomic E-state index is 13.4. The highest BCUT2D eigenvalue weighted by molar-refractivity contribution is 5.83. The van der Waals surface area contributed by atoms with Gasteiger partial charge >= 0.3 is 12.2 Å². The van der Waals surface area contributed by atoms with Crippen LogP contribution in [0.1, 0.15) is 51.8 Å². The molecular formula is C22H35N5O7. The molecule has 0 bridgehead atoms. The van der Waals surface area contributed by atoms with Gasteiger partial charge in [-0.1, -0.05) is 0 Å². The average molecular weight is 482 g/mol. The molecule has 1 saturated heterocycles. The maximum absolute atomic E-state index is 13.4. The average Bonchev–Trinajstić information content (AvgIpc) is 3.56. The summed E-state index contributed by atoms with van der Waals surface area (Å²) in [4.78, 5) is 43.7. The van der Waals surface area contributed by atoms with Crippen molar-refractivity contribution in [1.82, 2.24) is 24.7 Å². The first-order chi connectivity index (χ1) is 16.2. The van der Waals surface area contributed by atoms with E-state index in [0.717, 1.165) is 12.8 Å². The number of morpholine rings is 1. The summed E-state index contributed by atoms with van der Waals surface area (Å²) < 4.78 is 18.0. The normalized spacial score (nSPS) is 19.0. The fourth-order valence-electron chi connectivity index (χ4n) is 3.92. The van der Waals surface area contributed by atoms with Crippen LogP contribution in [0.4, 0.5) is 9.59 Å². The van der Waals surface area contributed by atoms with Gasteiger partial charge in [0, 0.05) is 31.9 Å². The van der Waals surface area contributed by atoms with E-state index in [1.54, 1.807) is 4.90 Å². The highest BCUT2D eigenvalue weighted by Crippen LogP contribution is 2.36. The number of carbonyl (C=O) groups is 3. The smallest absolute Gasteiger partial charge is 0.407 e. The van der Waals surface area contributed by atoms with Crippen LogP contribution < -0.4 is 10.1 Å². The molecule has 12 heteroatoms. The number of imidazole rings is 1. The molecule has 34 heavy (non-hydrogen) atoms. The Morgan fingerprint density at radius 3 is 2.68 bits per heavy atom. The molecule has 2 fully saturated rings. The van der Waals surface area contributed by atoms with Crippen molar-refractivity contribution in [2.45, 2.75) is 70.9 Å². The summed E-state index contributed by atoms with van der Waals surface area (Å²) in [6.07, 6.45) is 1.84. The lowest BCUT2D eigenvalue weighted by Gasteiger charge is -2.36. The predicted octanol–water partition coefficient (Wildman–Crippen LogP) is 1.85. The summed E-state index contributed by atoms with van der Waals surface area (Å²) in [5, 5.41) is 12.0. The van der Waals surface area contributed by atoms with Gasteiger partial charge in [-0.3, -0.25) is 4.79 Å². The molecule has 0 spiro atoms. The number of nitrogens with zero attached hydrogens (tertiary/aromatic N) is 4. The molecule has 1 aromatic heterocycles. The molecule has 1 aromatic rings. The first-order valence-corrected chi connectivity index (χ1v) is 11.7. The summed E-state index contributed by atoms with van der Waals surface area (Å²) >= 11 is 0. The number of aryl methyl sites for hydroxylation is 1. The van der Waals surface area contributed by atoms with E-state index >= 15 is 0 Å². The number of alkyl carbamates (subject to hydrolysis) is 1. The Kier molecular flexibility index (Phi) is 8.59. The summed E-state index contributed by atoms with van der Waals surface area (Å²) in [6.45, 7) is 7.20. The highest BCUT2D eigenvalue weighted by Gasteiger charge is 2.42. The SMILES string of the molecule is COC(=O)NCCCn1cc([C@@H](C)N(C(=O)[C@H]2CN(C(=O)O)CCO2)C2CC2)nc1OC(C)C. The van der Waals surface area contributed by atoms with Gasteiger partial charge in [-0.25, -0.2) is 9.59 Å². The standard InChI is InChI=1S/C22H35N5O7/c1-14(2)34-20-24-17(12-25(20)9-5-8-23-21(29)32-4)15(3)27(16-6-7-16)19(28)18-13-26(22(30)31)10-11-33-18/h12,14-16,18H,5-11,13H2,1-4H3,(H,23,29)(H,30,31)/t15-,18-/m1/s1. The summed E-state index contributed by atoms with van der Waals surface area (Å²) in [5.41, 5.74) is 0.683. The maximum Gasteiger partial charge on any atom is 0.407 e. The number of aromatic nitrogens is 2. The molecule has 1 aliphatic heterocycles. The van der Waals surface area contributed by atoms with Crippen molar-refractivity contribution in [3.8, 4) is 6.01 Å². The van der Waals surface area contributed by atoms with Crippen LogP contribution in [-0.2, 0) is 20.8 Å². The third kappa shape index (κ3) is 6.52. The molecule has 1 saturated carbocycles. The largest absolute Gasteiger partial charge is 0.465 e. The third-order valence-electron chi connectivity index (χ3n) is 5.78. The molecule has 3 rings (SSSR count). The molecule has 2 heterocycles. The van der Waals surface area contributed by atoms with Crippen LogP contribution in [0.2, 0.25) is 0 Å². The number of hydrogen-bond acceptors (Lipinski definition) is 7. The van der Waals surface area contributed by atoms with E-state index < -0.39 is 18.3 Å². The second kappa shape index (κ2) is 11.4. The molecule has 0 unspecified atom stereocenters. The van der Waals surface area contributed by atoms with E-state index in [1.165, 1.54) is 12.0 Å². The van der Waals surface area contributed by atoms with Crippen LogP contribution in [0, 0.1) is 0 Å². The van der Waals surface area contributed by atoms with Crippen LogP contribution in [0.5, 0.6) is 6.01 Å². The van der Waals surface area contributed by atoms with Crippen molar-refractivity contribution in [3.63, 3.8) is 0 Å². The summed E-state index contributed by atoms with van der Waals surface area (Å²) in [5.74, 6) is -0.218. The van der Waals surface area contributed by atoms with Gasteiger partial charge in [0.2, 0.25) is 0 Å². The van der Waals surface area contributed by atoms with Crippen LogP contribution >= 0.6 is 0 Å². The lowest BCUT2D eigenvalue weighted by atomic mass is 10.1. The Balaban J connectivity index is 1.74. The molecule has 0 aromatic carbocycles. The first-order valence-electron chi connectivity index (χ1n) is 11.7. The van der Waals surface area contributed by atoms with Crippen LogP contribution in [-0.4, -0.2) is 94.2 Å². The Morgan fingerprint density at radius 1 is 1.32 bits per heavy atom. The van der Waals surface area contributed by atoms with Gasteiger partial charge in [-0.2, -0.15) is 4.98 Å². The minimum absolute atomic E-state index is 0.0213. The highest BCUT2D eigenvalue weighted by atomic mass is 16.5. The zero-order valence-corrected chi connectivity index (χ0v) is 20.2. The van der Waals surface area contributed by atoms with E-state index in [2.05, 4.69) is 15.0 Å². The van der Waals surface area contributed by atoms with Gasteiger partial charge in [0.25, 0.3) is 11.9 Å². The van der Waals surface area contributed by atoms with Gasteiger partial charge < -0.3 is 39.0 Å². The Morgan fingerprint density at radius 2 is 2.06 bits per heavy atom. The number of nitrogens with one attached hydrogen (secondary N) is 1. The number of carbonyl (C=O) groups excluding carboxylic acids is 2. The van der Waals surface area contributed by atoms with E-state index in [-0.39, 0.29) is 43.8 Å². The lowest BCUT2D eigenvalue weighted by molar-refractivity contribution is -0.151. The van der Waals surface area contributed by atoms with Crippen molar-refractivity contribution in [1.29, 1.82) is 0 Å². The fraction of sp³-hybridized carbons (Fsp3) is 0.727. The second-order valence-corrected chi connectivity index (χ2v) is 8.82. The van der Waals surface area contributed by atoms with Crippen molar-refractivity contribution in [3.05, 3.63) is 11.9 Å². The van der Waals surface area contributed by atoms with Crippen molar-refractivity contribution in [2.75, 3.05) is 33.4 Å². The number of hydrogen-bond donors (Lipinski definition) is 2. The van der Waals surface area contributed by atoms with Gasteiger partial charge in [0.15, 0.2) is 6.10 Å². The Hall–Kier alpha value is -3.02. The monoisotopic (exact) mass is 481 g/mol. The molecule has 2 N–H and O–H groups in total. The van der Waals surface area contributed by atoms with Crippen LogP contribution in [0.15, 0.2) is 6.20 Å². The number of carboxylic acid groups (broad SMARTS) is 1. The topological polar surface area (TPSA) is 135 Å². The number of ether oxygens (including phenoxy) is 3. The van der Waals surface area contributed by atoms with Gasteiger partial charge in [-0.05, 0) is 40.0 Å². The molecule has 3 amide bonds. The van der Waals surface area contributed by atoms with E-state index in [4.69, 9.17) is 9.47 Å². The van der Waals surface area contributed by atoms with Gasteiger partial charge in [0.05, 0.1) is 38.1 Å². The molecule has 1 aliphatic carbocycles. The first kappa shape index (κ1) is 25.6. The lowest BCUT2D eigenvalue weighted by Crippen LogP contribution is -2.53. The van der Waals surface area contributed by atoms with Crippen LogP contribution in [0.3, 0.4) is 0 Å². The predicted molar refractivity (Wildman–Crippen MR) is 121 cm³/mol. The van der Waals surface area contributed by atoms with Crippen molar-refractivity contribution >= 4 is 18.1 Å². The number of amides is 3. The zero-order chi connectivity index (χ0) is 24.8. The van der Waals surface area contributed by atoms with Crippen molar-refractivity contribution in [2.24, 2.45) is 0 Å². The summed E-state index contributed by atoms with van der Waals surface area (Å²) in [7, 11) is 1.32. The number of rotatable bonds is 10. The quantitative estimate of drug-likeness (QED) is 0.483. The minimum atomic E-state index is -1.05. The van der Waals surface area contributed by atoms with E-state index in [0.29, 0.717) is 31.2 Å². The van der Waals surface area contributed by atoms with Crippen molar-refractivity contribution < 1.29 is 33.7 Å². The fourth-order valence-corrected chi connectivity index (χ4v) is 3.92. The molecule has 190 valence electrons. The van der Waals surface area contributed by atoms with Gasteiger partial charge in [0.1, 0.15) is 0 Å². The molecule has 0 radical (unpaired) electrons. The molecule has 2 atom stereocenters. The van der Waals surface area contributed by atoms with Crippen LogP contribution in [0.25, 0.3) is 0 Å². The number of methoxy groups -OCH3 is 1. The molecule has 12 nitrogen and oxygen atoms in total. The van der Waals surface area contributed by atoms with Gasteiger partial charge in [-0.15, -0.1) is 0 Å². The zero-order valence-electron chi connectivity index (χ0n) is 20.2. The van der Waals surface area contributed by atoms with E-state index in [9.17, 15) is 19.5 Å². The molecule has 2 aliphatic rings. The second-order valence-electron chi connectivity index (χ2n) is 8.82. The Bertz CT molecular complexity index is 870. The third-order valence-corrected chi connectivity index (χ3v) is 5.78. The van der Waals surface area contributed by atoms with E-state index in [1.807, 2.05) is 31.5 Å². The minimum Gasteiger partial charge on any atom is -0.465 e. The summed E-state index contributed by atoms with van der Waals surface area (Å²) in [6, 6.07) is 0.187. The Labute approximate surface area is 199 Å². The molecular weight excluding hydrogens is 446 g/mol.